The predicted molar refractivity (Wildman–Crippen MR) is 83.2 cm³/mol. The first kappa shape index (κ1) is 15.8. The number of hydrogen-bond donors (Lipinski definition) is 1. The zero-order chi connectivity index (χ0) is 15.8. The normalized spacial score (nSPS) is 10.2. The van der Waals surface area contributed by atoms with Gasteiger partial charge >= 0.3 is 0 Å². The van der Waals surface area contributed by atoms with Crippen LogP contribution in [0.1, 0.15) is 29.5 Å². The Bertz CT molecular complexity index is 594. The van der Waals surface area contributed by atoms with Gasteiger partial charge < -0.3 is 14.6 Å². The average molecular weight is 300 g/mol. The summed E-state index contributed by atoms with van der Waals surface area (Å²) >= 11 is 0. The second-order valence-corrected chi connectivity index (χ2v) is 4.88. The van der Waals surface area contributed by atoms with Gasteiger partial charge in [0.2, 0.25) is 5.91 Å². The molecule has 2 aromatic rings. The van der Waals surface area contributed by atoms with Crippen molar-refractivity contribution in [3.05, 3.63) is 60.1 Å². The Morgan fingerprint density at radius 1 is 1.14 bits per heavy atom. The first-order chi connectivity index (χ1) is 10.7. The molecule has 22 heavy (non-hydrogen) atoms. The highest BCUT2D eigenvalue weighted by Gasteiger charge is 2.13. The van der Waals surface area contributed by atoms with Gasteiger partial charge in [-0.25, -0.2) is 0 Å². The number of carbonyl (C=O) groups excluding carboxylic acids is 2. The van der Waals surface area contributed by atoms with Gasteiger partial charge in [0, 0.05) is 26.1 Å². The molecule has 0 spiro atoms. The molecule has 1 heterocycles. The van der Waals surface area contributed by atoms with Crippen LogP contribution in [0.4, 0.5) is 0 Å². The van der Waals surface area contributed by atoms with Crippen LogP contribution < -0.4 is 5.32 Å². The van der Waals surface area contributed by atoms with E-state index in [-0.39, 0.29) is 24.0 Å². The lowest BCUT2D eigenvalue weighted by molar-refractivity contribution is -0.131. The van der Waals surface area contributed by atoms with E-state index in [4.69, 9.17) is 4.42 Å². The number of rotatable bonds is 7. The summed E-state index contributed by atoms with van der Waals surface area (Å²) in [5.74, 6) is -0.0286. The Hall–Kier alpha value is -2.56. The molecule has 0 bridgehead atoms. The third kappa shape index (κ3) is 4.48. The van der Waals surface area contributed by atoms with Gasteiger partial charge in [0.15, 0.2) is 5.76 Å². The molecule has 0 aliphatic heterocycles. The Morgan fingerprint density at radius 2 is 1.91 bits per heavy atom. The van der Waals surface area contributed by atoms with E-state index in [0.717, 1.165) is 5.56 Å². The molecule has 5 heteroatoms. The van der Waals surface area contributed by atoms with Crippen LogP contribution in [0.25, 0.3) is 0 Å². The van der Waals surface area contributed by atoms with E-state index >= 15 is 0 Å². The molecule has 116 valence electrons. The SMILES string of the molecule is CCN(Cc1ccccc1)C(=O)CCNC(=O)c1ccco1. The molecule has 0 aliphatic rings. The maximum Gasteiger partial charge on any atom is 0.286 e. The maximum absolute atomic E-state index is 12.2. The van der Waals surface area contributed by atoms with Crippen molar-refractivity contribution in [3.63, 3.8) is 0 Å². The first-order valence-electron chi connectivity index (χ1n) is 7.34. The van der Waals surface area contributed by atoms with E-state index in [1.807, 2.05) is 37.3 Å². The van der Waals surface area contributed by atoms with Crippen molar-refractivity contribution in [2.24, 2.45) is 0 Å². The minimum absolute atomic E-state index is 0.0195. The Kier molecular flexibility index (Phi) is 5.77. The van der Waals surface area contributed by atoms with Gasteiger partial charge in [-0.05, 0) is 24.6 Å². The van der Waals surface area contributed by atoms with Crippen LogP contribution in [-0.2, 0) is 11.3 Å². The number of nitrogens with zero attached hydrogens (tertiary/aromatic N) is 1. The maximum atomic E-state index is 12.2. The summed E-state index contributed by atoms with van der Waals surface area (Å²) in [5.41, 5.74) is 1.09. The number of nitrogens with one attached hydrogen (secondary N) is 1. The zero-order valence-electron chi connectivity index (χ0n) is 12.6. The highest BCUT2D eigenvalue weighted by atomic mass is 16.3. The Morgan fingerprint density at radius 3 is 2.55 bits per heavy atom. The summed E-state index contributed by atoms with van der Waals surface area (Å²) in [4.78, 5) is 25.7. The van der Waals surface area contributed by atoms with Gasteiger partial charge in [-0.3, -0.25) is 9.59 Å². The number of benzene rings is 1. The fourth-order valence-corrected chi connectivity index (χ4v) is 2.12. The second kappa shape index (κ2) is 8.02. The molecule has 1 aromatic carbocycles. The van der Waals surface area contributed by atoms with Gasteiger partial charge in [0.1, 0.15) is 0 Å². The lowest BCUT2D eigenvalue weighted by Gasteiger charge is -2.21. The van der Waals surface area contributed by atoms with Crippen LogP contribution in [-0.4, -0.2) is 29.8 Å². The molecule has 1 N–H and O–H groups in total. The van der Waals surface area contributed by atoms with Gasteiger partial charge in [0.05, 0.1) is 6.26 Å². The summed E-state index contributed by atoms with van der Waals surface area (Å²) in [6.07, 6.45) is 1.71. The van der Waals surface area contributed by atoms with Gasteiger partial charge in [-0.15, -0.1) is 0 Å². The highest BCUT2D eigenvalue weighted by Crippen LogP contribution is 2.06. The van der Waals surface area contributed by atoms with Crippen LogP contribution in [0.5, 0.6) is 0 Å². The van der Waals surface area contributed by atoms with Crippen LogP contribution in [0.3, 0.4) is 0 Å². The number of carbonyl (C=O) groups is 2. The lowest BCUT2D eigenvalue weighted by atomic mass is 10.2. The van der Waals surface area contributed by atoms with Crippen molar-refractivity contribution in [1.82, 2.24) is 10.2 Å². The molecule has 0 aliphatic carbocycles. The summed E-state index contributed by atoms with van der Waals surface area (Å²) in [7, 11) is 0. The van der Waals surface area contributed by atoms with Crippen LogP contribution in [0.2, 0.25) is 0 Å². The molecule has 0 atom stereocenters. The topological polar surface area (TPSA) is 62.6 Å². The molecule has 2 rings (SSSR count). The van der Waals surface area contributed by atoms with Crippen molar-refractivity contribution in [1.29, 1.82) is 0 Å². The van der Waals surface area contributed by atoms with E-state index in [1.165, 1.54) is 6.26 Å². The van der Waals surface area contributed by atoms with E-state index in [9.17, 15) is 9.59 Å². The van der Waals surface area contributed by atoms with Crippen LogP contribution >= 0.6 is 0 Å². The van der Waals surface area contributed by atoms with Crippen molar-refractivity contribution in [2.75, 3.05) is 13.1 Å². The Balaban J connectivity index is 1.78. The number of furan rings is 1. The minimum Gasteiger partial charge on any atom is -0.459 e. The second-order valence-electron chi connectivity index (χ2n) is 4.88. The average Bonchev–Trinajstić information content (AvgIpc) is 3.08. The molecule has 0 unspecified atom stereocenters. The third-order valence-electron chi connectivity index (χ3n) is 3.32. The van der Waals surface area contributed by atoms with Gasteiger partial charge in [0.25, 0.3) is 5.91 Å². The minimum atomic E-state index is -0.302. The quantitative estimate of drug-likeness (QED) is 0.854. The van der Waals surface area contributed by atoms with Crippen LogP contribution in [0, 0.1) is 0 Å². The van der Waals surface area contributed by atoms with Crippen molar-refractivity contribution >= 4 is 11.8 Å². The molecule has 0 radical (unpaired) electrons. The largest absolute Gasteiger partial charge is 0.459 e. The fourth-order valence-electron chi connectivity index (χ4n) is 2.12. The standard InChI is InChI=1S/C17H20N2O3/c1-2-19(13-14-7-4-3-5-8-14)16(20)10-11-18-17(21)15-9-6-12-22-15/h3-9,12H,2,10-11,13H2,1H3,(H,18,21). The summed E-state index contributed by atoms with van der Waals surface area (Å²) in [6.45, 7) is 3.47. The summed E-state index contributed by atoms with van der Waals surface area (Å²) < 4.78 is 4.99. The van der Waals surface area contributed by atoms with Crippen molar-refractivity contribution in [3.8, 4) is 0 Å². The van der Waals surface area contributed by atoms with E-state index in [2.05, 4.69) is 5.32 Å². The van der Waals surface area contributed by atoms with Gasteiger partial charge in [-0.1, -0.05) is 30.3 Å². The monoisotopic (exact) mass is 300 g/mol. The van der Waals surface area contributed by atoms with E-state index < -0.39 is 0 Å². The molecular formula is C17H20N2O3. The number of hydrogen-bond acceptors (Lipinski definition) is 3. The van der Waals surface area contributed by atoms with Crippen molar-refractivity contribution < 1.29 is 14.0 Å². The lowest BCUT2D eigenvalue weighted by Crippen LogP contribution is -2.34. The first-order valence-corrected chi connectivity index (χ1v) is 7.34. The van der Waals surface area contributed by atoms with Gasteiger partial charge in [-0.2, -0.15) is 0 Å². The van der Waals surface area contributed by atoms with E-state index in [0.29, 0.717) is 19.6 Å². The Labute approximate surface area is 129 Å². The predicted octanol–water partition coefficient (Wildman–Crippen LogP) is 2.45. The molecule has 0 fully saturated rings. The molecule has 5 nitrogen and oxygen atoms in total. The molecular weight excluding hydrogens is 280 g/mol. The fraction of sp³-hybridized carbons (Fsp3) is 0.294. The third-order valence-corrected chi connectivity index (χ3v) is 3.32. The summed E-state index contributed by atoms with van der Waals surface area (Å²) in [6, 6.07) is 13.1. The zero-order valence-corrected chi connectivity index (χ0v) is 12.6. The molecule has 1 aromatic heterocycles. The molecule has 2 amide bonds. The number of amides is 2. The van der Waals surface area contributed by atoms with E-state index in [1.54, 1.807) is 17.0 Å². The molecule has 0 saturated carbocycles. The molecule has 0 saturated heterocycles. The van der Waals surface area contributed by atoms with Crippen molar-refractivity contribution in [2.45, 2.75) is 19.9 Å². The highest BCUT2D eigenvalue weighted by molar-refractivity contribution is 5.91. The van der Waals surface area contributed by atoms with Crippen LogP contribution in [0.15, 0.2) is 53.1 Å². The summed E-state index contributed by atoms with van der Waals surface area (Å²) in [5, 5.41) is 2.68. The smallest absolute Gasteiger partial charge is 0.286 e.